The van der Waals surface area contributed by atoms with Crippen LogP contribution in [0.15, 0.2) is 64.1 Å². The molecule has 6 nitrogen and oxygen atoms in total. The van der Waals surface area contributed by atoms with E-state index in [9.17, 15) is 13.2 Å². The molecule has 1 aromatic heterocycles. The van der Waals surface area contributed by atoms with Crippen LogP contribution in [0.5, 0.6) is 0 Å². The quantitative estimate of drug-likeness (QED) is 0.456. The number of nitrogens with zero attached hydrogens (tertiary/aromatic N) is 2. The molecule has 2 heterocycles. The molecular formula is C28H34N2O4S. The van der Waals surface area contributed by atoms with Crippen molar-refractivity contribution in [1.29, 1.82) is 0 Å². The van der Waals surface area contributed by atoms with Gasteiger partial charge in [-0.3, -0.25) is 4.79 Å². The van der Waals surface area contributed by atoms with Crippen LogP contribution in [0.4, 0.5) is 0 Å². The van der Waals surface area contributed by atoms with Gasteiger partial charge in [-0.25, -0.2) is 8.42 Å². The van der Waals surface area contributed by atoms with Crippen molar-refractivity contribution in [2.45, 2.75) is 58.5 Å². The summed E-state index contributed by atoms with van der Waals surface area (Å²) in [6.45, 7) is 9.20. The average Bonchev–Trinajstić information content (AvgIpc) is 3.36. The highest BCUT2D eigenvalue weighted by molar-refractivity contribution is 7.89. The van der Waals surface area contributed by atoms with E-state index in [2.05, 4.69) is 0 Å². The number of carbonyl (C=O) groups excluding carboxylic acids is 1. The molecule has 0 N–H and O–H groups in total. The van der Waals surface area contributed by atoms with Gasteiger partial charge in [0.05, 0.1) is 17.7 Å². The number of carbonyl (C=O) groups is 1. The largest absolute Gasteiger partial charge is 0.467 e. The number of sulfonamides is 1. The lowest BCUT2D eigenvalue weighted by molar-refractivity contribution is -0.138. The van der Waals surface area contributed by atoms with Gasteiger partial charge >= 0.3 is 0 Å². The van der Waals surface area contributed by atoms with Gasteiger partial charge in [-0.2, -0.15) is 4.31 Å². The molecule has 1 amide bonds. The number of benzene rings is 2. The summed E-state index contributed by atoms with van der Waals surface area (Å²) in [5.41, 5.74) is 4.61. The van der Waals surface area contributed by atoms with Crippen molar-refractivity contribution in [3.05, 3.63) is 88.4 Å². The zero-order valence-corrected chi connectivity index (χ0v) is 21.8. The summed E-state index contributed by atoms with van der Waals surface area (Å²) in [4.78, 5) is 15.8. The normalized spacial score (nSPS) is 15.3. The Labute approximate surface area is 208 Å². The van der Waals surface area contributed by atoms with Gasteiger partial charge in [-0.15, -0.1) is 0 Å². The number of aryl methyl sites for hydroxylation is 2. The highest BCUT2D eigenvalue weighted by Crippen LogP contribution is 2.32. The monoisotopic (exact) mass is 494 g/mol. The fraction of sp³-hybridized carbons (Fsp3) is 0.393. The zero-order valence-electron chi connectivity index (χ0n) is 21.0. The maximum Gasteiger partial charge on any atom is 0.243 e. The number of hydrogen-bond acceptors (Lipinski definition) is 4. The molecule has 3 aromatic rings. The summed E-state index contributed by atoms with van der Waals surface area (Å²) in [7, 11) is -3.63. The van der Waals surface area contributed by atoms with Crippen LogP contribution in [0.3, 0.4) is 0 Å². The lowest BCUT2D eigenvalue weighted by Gasteiger charge is -2.34. The molecule has 1 aliphatic rings. The average molecular weight is 495 g/mol. The van der Waals surface area contributed by atoms with E-state index in [1.807, 2.05) is 81.1 Å². The Kier molecular flexibility index (Phi) is 7.47. The summed E-state index contributed by atoms with van der Waals surface area (Å²) in [5, 5.41) is 0. The fourth-order valence-electron chi connectivity index (χ4n) is 4.90. The maximum absolute atomic E-state index is 13.6. The van der Waals surface area contributed by atoms with Gasteiger partial charge in [-0.1, -0.05) is 36.4 Å². The molecule has 0 bridgehead atoms. The van der Waals surface area contributed by atoms with Gasteiger partial charge in [0.2, 0.25) is 15.9 Å². The SMILES string of the molecule is Cc1cc(C)c(C)c(S(=O)(=O)N2CCC(C(=O)N(Cc3ccccc3)Cc3ccco3)CC2)c1C. The third-order valence-corrected chi connectivity index (χ3v) is 9.33. The van der Waals surface area contributed by atoms with Gasteiger partial charge in [0.1, 0.15) is 5.76 Å². The first kappa shape index (κ1) is 25.2. The van der Waals surface area contributed by atoms with E-state index < -0.39 is 10.0 Å². The molecule has 0 aliphatic carbocycles. The standard InChI is InChI=1S/C28H34N2O4S/c1-20-17-21(2)23(4)27(22(20)3)35(32,33)30-14-12-25(13-15-30)28(31)29(19-26-11-8-16-34-26)18-24-9-6-5-7-10-24/h5-11,16-17,25H,12-15,18-19H2,1-4H3. The minimum atomic E-state index is -3.63. The van der Waals surface area contributed by atoms with Crippen LogP contribution in [0.1, 0.15) is 46.4 Å². The van der Waals surface area contributed by atoms with Crippen molar-refractivity contribution in [3.63, 3.8) is 0 Å². The van der Waals surface area contributed by atoms with Crippen molar-refractivity contribution >= 4 is 15.9 Å². The maximum atomic E-state index is 13.6. The first-order valence-corrected chi connectivity index (χ1v) is 13.5. The molecule has 1 saturated heterocycles. The molecule has 0 saturated carbocycles. The zero-order chi connectivity index (χ0) is 25.2. The van der Waals surface area contributed by atoms with E-state index in [-0.39, 0.29) is 11.8 Å². The number of piperidine rings is 1. The Bertz CT molecular complexity index is 1250. The van der Waals surface area contributed by atoms with Gasteiger partial charge in [0, 0.05) is 25.6 Å². The summed E-state index contributed by atoms with van der Waals surface area (Å²) in [5.74, 6) is 0.553. The van der Waals surface area contributed by atoms with Crippen LogP contribution in [0.25, 0.3) is 0 Å². The van der Waals surface area contributed by atoms with Crippen LogP contribution in [-0.2, 0) is 27.9 Å². The number of amides is 1. The lowest BCUT2D eigenvalue weighted by Crippen LogP contribution is -2.44. The Morgan fingerprint density at radius 2 is 1.57 bits per heavy atom. The molecule has 186 valence electrons. The predicted octanol–water partition coefficient (Wildman–Crippen LogP) is 5.14. The molecule has 0 atom stereocenters. The molecule has 2 aromatic carbocycles. The fourth-order valence-corrected chi connectivity index (χ4v) is 6.95. The number of furan rings is 1. The van der Waals surface area contributed by atoms with Crippen molar-refractivity contribution in [2.75, 3.05) is 13.1 Å². The molecular weight excluding hydrogens is 460 g/mol. The minimum absolute atomic E-state index is 0.0427. The third kappa shape index (κ3) is 5.36. The molecule has 1 fully saturated rings. The van der Waals surface area contributed by atoms with Crippen molar-refractivity contribution < 1.29 is 17.6 Å². The Hall–Kier alpha value is -2.90. The van der Waals surface area contributed by atoms with Crippen LogP contribution in [0, 0.1) is 33.6 Å². The minimum Gasteiger partial charge on any atom is -0.467 e. The predicted molar refractivity (Wildman–Crippen MR) is 136 cm³/mol. The van der Waals surface area contributed by atoms with E-state index in [0.717, 1.165) is 33.6 Å². The number of rotatable bonds is 7. The van der Waals surface area contributed by atoms with Gasteiger partial charge in [0.25, 0.3) is 0 Å². The molecule has 7 heteroatoms. The molecule has 4 rings (SSSR count). The summed E-state index contributed by atoms with van der Waals surface area (Å²) >= 11 is 0. The highest BCUT2D eigenvalue weighted by Gasteiger charge is 2.35. The summed E-state index contributed by atoms with van der Waals surface area (Å²) in [6.07, 6.45) is 2.62. The van der Waals surface area contributed by atoms with E-state index in [1.54, 1.807) is 10.6 Å². The van der Waals surface area contributed by atoms with Crippen LogP contribution >= 0.6 is 0 Å². The van der Waals surface area contributed by atoms with E-state index in [1.165, 1.54) is 0 Å². The molecule has 35 heavy (non-hydrogen) atoms. The summed E-state index contributed by atoms with van der Waals surface area (Å²) < 4.78 is 34.3. The lowest BCUT2D eigenvalue weighted by atomic mass is 9.96. The van der Waals surface area contributed by atoms with Crippen molar-refractivity contribution in [3.8, 4) is 0 Å². The Morgan fingerprint density at radius 1 is 0.943 bits per heavy atom. The second kappa shape index (κ2) is 10.4. The first-order chi connectivity index (χ1) is 16.7. The van der Waals surface area contributed by atoms with Gasteiger partial charge in [-0.05, 0) is 80.5 Å². The van der Waals surface area contributed by atoms with Crippen LogP contribution in [-0.4, -0.2) is 36.6 Å². The molecule has 0 unspecified atom stereocenters. The molecule has 1 aliphatic heterocycles. The van der Waals surface area contributed by atoms with E-state index in [0.29, 0.717) is 43.9 Å². The summed E-state index contributed by atoms with van der Waals surface area (Å²) in [6, 6.07) is 15.6. The van der Waals surface area contributed by atoms with Crippen LogP contribution < -0.4 is 0 Å². The second-order valence-electron chi connectivity index (χ2n) is 9.53. The van der Waals surface area contributed by atoms with Gasteiger partial charge in [0.15, 0.2) is 0 Å². The van der Waals surface area contributed by atoms with Crippen molar-refractivity contribution in [1.82, 2.24) is 9.21 Å². The van der Waals surface area contributed by atoms with E-state index >= 15 is 0 Å². The third-order valence-electron chi connectivity index (χ3n) is 7.15. The van der Waals surface area contributed by atoms with Crippen LogP contribution in [0.2, 0.25) is 0 Å². The number of hydrogen-bond donors (Lipinski definition) is 0. The Balaban J connectivity index is 1.50. The molecule has 0 radical (unpaired) electrons. The first-order valence-electron chi connectivity index (χ1n) is 12.1. The highest BCUT2D eigenvalue weighted by atomic mass is 32.2. The molecule has 0 spiro atoms. The topological polar surface area (TPSA) is 70.8 Å². The second-order valence-corrected chi connectivity index (χ2v) is 11.4. The van der Waals surface area contributed by atoms with Gasteiger partial charge < -0.3 is 9.32 Å². The van der Waals surface area contributed by atoms with E-state index in [4.69, 9.17) is 4.42 Å². The Morgan fingerprint density at radius 3 is 2.14 bits per heavy atom. The smallest absolute Gasteiger partial charge is 0.243 e. The van der Waals surface area contributed by atoms with Crippen molar-refractivity contribution in [2.24, 2.45) is 5.92 Å².